The molecule has 0 unspecified atom stereocenters. The molecule has 0 heterocycles. The highest BCUT2D eigenvalue weighted by molar-refractivity contribution is 6.16. The molecule has 1 aliphatic rings. The predicted octanol–water partition coefficient (Wildman–Crippen LogP) is -0.0169. The summed E-state index contributed by atoms with van der Waals surface area (Å²) in [6.45, 7) is 2.57. The van der Waals surface area contributed by atoms with Crippen LogP contribution in [0.2, 0.25) is 0 Å². The van der Waals surface area contributed by atoms with Gasteiger partial charge in [0.2, 0.25) is 0 Å². The maximum Gasteiger partial charge on any atom is 0.354 e. The van der Waals surface area contributed by atoms with Gasteiger partial charge in [0.15, 0.2) is 0 Å². The number of allylic oxidation sites excluding steroid dienone is 4. The minimum absolute atomic E-state index is 0.608. The van der Waals surface area contributed by atoms with E-state index in [9.17, 15) is 0 Å². The number of halogens is 1. The molecule has 0 aliphatic heterocycles. The Kier molecular flexibility index (Phi) is 10.3. The SMILES string of the molecule is CCOc1ccc(/C(=C2\C(OC)=CC=CC2=[O+]C)c2c(OC)cccc2OC)cc1.[O-][Cl+3]([O-])([O-])[O-]. The molecule has 188 valence electrons. The molecular weight excluding hydrogens is 480 g/mol. The molecule has 2 aromatic rings. The van der Waals surface area contributed by atoms with E-state index in [1.807, 2.05) is 67.6 Å². The van der Waals surface area contributed by atoms with E-state index >= 15 is 0 Å². The predicted molar refractivity (Wildman–Crippen MR) is 118 cm³/mol. The monoisotopic (exact) mass is 506 g/mol. The second-order valence-corrected chi connectivity index (χ2v) is 7.54. The first-order chi connectivity index (χ1) is 16.7. The lowest BCUT2D eigenvalue weighted by molar-refractivity contribution is -2.00. The molecule has 0 fully saturated rings. The lowest BCUT2D eigenvalue weighted by Gasteiger charge is -2.20. The number of ketones is 1. The normalized spacial score (nSPS) is 15.6. The van der Waals surface area contributed by atoms with Crippen molar-refractivity contribution < 1.29 is 52.3 Å². The molecule has 0 saturated heterocycles. The summed E-state index contributed by atoms with van der Waals surface area (Å²) in [5, 5.41) is 0. The lowest BCUT2D eigenvalue weighted by Crippen LogP contribution is -2.68. The van der Waals surface area contributed by atoms with Crippen molar-refractivity contribution in [2.45, 2.75) is 6.92 Å². The fourth-order valence-electron chi connectivity index (χ4n) is 3.49. The third-order valence-electron chi connectivity index (χ3n) is 4.81. The Labute approximate surface area is 206 Å². The Morgan fingerprint density at radius 3 is 1.91 bits per heavy atom. The highest BCUT2D eigenvalue weighted by Crippen LogP contribution is 2.42. The standard InChI is InChI=1S/C25H27O5.ClHO4/c1-6-30-18-15-13-17(14-16-18)23(24-19(26-2)9-7-10-20(24)27-3)25-21(28-4)11-8-12-22(25)29-5;2-1(3,4)5/h7-16H,6H2,1-5H3;(H,2,3,4,5)/q+1;/p-1. The van der Waals surface area contributed by atoms with E-state index in [1.54, 1.807) is 28.4 Å². The van der Waals surface area contributed by atoms with Gasteiger partial charge in [0.25, 0.3) is 7.11 Å². The molecule has 2 aromatic carbocycles. The van der Waals surface area contributed by atoms with Gasteiger partial charge in [-0.05, 0) is 48.9 Å². The second-order valence-electron chi connectivity index (χ2n) is 6.79. The van der Waals surface area contributed by atoms with E-state index in [4.69, 9.17) is 42.0 Å². The summed E-state index contributed by atoms with van der Waals surface area (Å²) in [6.07, 6.45) is 5.72. The van der Waals surface area contributed by atoms with Crippen LogP contribution in [0.25, 0.3) is 5.57 Å². The van der Waals surface area contributed by atoms with Gasteiger partial charge in [0, 0.05) is 11.6 Å². The summed E-state index contributed by atoms with van der Waals surface area (Å²) in [6, 6.07) is 13.6. The van der Waals surface area contributed by atoms with E-state index in [0.29, 0.717) is 29.6 Å². The first-order valence-electron chi connectivity index (χ1n) is 10.3. The Morgan fingerprint density at radius 1 is 0.886 bits per heavy atom. The summed E-state index contributed by atoms with van der Waals surface area (Å²) in [5.41, 5.74) is 3.45. The highest BCUT2D eigenvalue weighted by atomic mass is 35.7. The topological polar surface area (TPSA) is 140 Å². The largest absolute Gasteiger partial charge is 0.496 e. The van der Waals surface area contributed by atoms with Gasteiger partial charge in [-0.3, -0.25) is 4.42 Å². The molecule has 10 heteroatoms. The molecule has 0 radical (unpaired) electrons. The number of hydrogen-bond donors (Lipinski definition) is 0. The van der Waals surface area contributed by atoms with E-state index in [-0.39, 0.29) is 0 Å². The summed E-state index contributed by atoms with van der Waals surface area (Å²) >= 11 is 0. The van der Waals surface area contributed by atoms with Crippen LogP contribution in [0.4, 0.5) is 0 Å². The van der Waals surface area contributed by atoms with Crippen LogP contribution < -0.4 is 32.8 Å². The lowest BCUT2D eigenvalue weighted by atomic mass is 9.87. The van der Waals surface area contributed by atoms with Crippen molar-refractivity contribution >= 4 is 11.4 Å². The summed E-state index contributed by atoms with van der Waals surface area (Å²) < 4.78 is 62.5. The van der Waals surface area contributed by atoms with Crippen LogP contribution >= 0.6 is 0 Å². The number of methoxy groups -OCH3 is 3. The average Bonchev–Trinajstić information content (AvgIpc) is 2.84. The van der Waals surface area contributed by atoms with Gasteiger partial charge < -0.3 is 18.9 Å². The van der Waals surface area contributed by atoms with Crippen molar-refractivity contribution in [3.63, 3.8) is 0 Å². The van der Waals surface area contributed by atoms with Crippen molar-refractivity contribution in [1.29, 1.82) is 0 Å². The van der Waals surface area contributed by atoms with Gasteiger partial charge in [0.1, 0.15) is 28.6 Å². The molecule has 0 saturated carbocycles. The summed E-state index contributed by atoms with van der Waals surface area (Å²) in [5.74, 6) is 3.55. The minimum atomic E-state index is -4.94. The van der Waals surface area contributed by atoms with Crippen molar-refractivity contribution in [3.8, 4) is 17.2 Å². The van der Waals surface area contributed by atoms with Crippen LogP contribution in [0.15, 0.2) is 72.0 Å². The smallest absolute Gasteiger partial charge is 0.354 e. The fraction of sp³-hybridized carbons (Fsp3) is 0.240. The van der Waals surface area contributed by atoms with Crippen LogP contribution in [-0.4, -0.2) is 40.8 Å². The van der Waals surface area contributed by atoms with Crippen LogP contribution in [0.1, 0.15) is 18.1 Å². The number of ether oxygens (including phenoxy) is 4. The van der Waals surface area contributed by atoms with Gasteiger partial charge in [0.05, 0.1) is 33.5 Å². The molecule has 1 aliphatic carbocycles. The Balaban J connectivity index is 0.000000784. The van der Waals surface area contributed by atoms with E-state index in [2.05, 4.69) is 0 Å². The average molecular weight is 507 g/mol. The van der Waals surface area contributed by atoms with Crippen LogP contribution in [0, 0.1) is 10.2 Å². The second kappa shape index (κ2) is 12.9. The van der Waals surface area contributed by atoms with Crippen LogP contribution in [-0.2, 0) is 9.16 Å². The molecule has 3 rings (SSSR count). The molecule has 0 atom stereocenters. The zero-order chi connectivity index (χ0) is 26.0. The molecule has 0 spiro atoms. The van der Waals surface area contributed by atoms with E-state index in [1.165, 1.54) is 0 Å². The molecule has 0 bridgehead atoms. The van der Waals surface area contributed by atoms with Crippen LogP contribution in [0.5, 0.6) is 17.2 Å². The quantitative estimate of drug-likeness (QED) is 0.377. The minimum Gasteiger partial charge on any atom is -0.496 e. The third kappa shape index (κ3) is 7.57. The maximum atomic E-state index is 8.49. The maximum absolute atomic E-state index is 8.49. The summed E-state index contributed by atoms with van der Waals surface area (Å²) in [7, 11) is 1.64. The van der Waals surface area contributed by atoms with E-state index < -0.39 is 10.2 Å². The van der Waals surface area contributed by atoms with Gasteiger partial charge in [-0.1, -0.05) is 18.2 Å². The fourth-order valence-corrected chi connectivity index (χ4v) is 3.49. The van der Waals surface area contributed by atoms with Crippen LogP contribution in [0.3, 0.4) is 0 Å². The Hall–Kier alpha value is -3.34. The van der Waals surface area contributed by atoms with Gasteiger partial charge >= 0.3 is 5.78 Å². The molecule has 9 nitrogen and oxygen atoms in total. The van der Waals surface area contributed by atoms with Crippen molar-refractivity contribution in [2.75, 3.05) is 35.0 Å². The molecule has 0 N–H and O–H groups in total. The van der Waals surface area contributed by atoms with Crippen molar-refractivity contribution in [2.24, 2.45) is 0 Å². The first kappa shape index (κ1) is 27.9. The molecule has 35 heavy (non-hydrogen) atoms. The molecule has 0 aromatic heterocycles. The number of benzene rings is 2. The molecule has 0 amide bonds. The van der Waals surface area contributed by atoms with Crippen molar-refractivity contribution in [1.82, 2.24) is 0 Å². The number of rotatable bonds is 7. The zero-order valence-corrected chi connectivity index (χ0v) is 20.8. The van der Waals surface area contributed by atoms with Crippen molar-refractivity contribution in [3.05, 3.63) is 83.2 Å². The van der Waals surface area contributed by atoms with E-state index in [0.717, 1.165) is 28.0 Å². The summed E-state index contributed by atoms with van der Waals surface area (Å²) in [4.78, 5) is 0. The third-order valence-corrected chi connectivity index (χ3v) is 4.81. The Bertz CT molecular complexity index is 1080. The van der Waals surface area contributed by atoms with Gasteiger partial charge in [-0.25, -0.2) is 18.6 Å². The van der Waals surface area contributed by atoms with Gasteiger partial charge in [-0.15, -0.1) is 10.2 Å². The number of hydrogen-bond acceptors (Lipinski definition) is 8. The Morgan fingerprint density at radius 2 is 1.46 bits per heavy atom. The zero-order valence-electron chi connectivity index (χ0n) is 20.0. The highest BCUT2D eigenvalue weighted by Gasteiger charge is 2.31. The first-order valence-corrected chi connectivity index (χ1v) is 11.6. The number of carbonyl (C=O) groups excluding carboxylic acids is 1. The molecular formula is C25H27ClO9. The van der Waals surface area contributed by atoms with Gasteiger partial charge in [-0.2, -0.15) is 0 Å².